The van der Waals surface area contributed by atoms with Crippen molar-refractivity contribution in [2.75, 3.05) is 18.0 Å². The Balaban J connectivity index is 2.50. The van der Waals surface area contributed by atoms with E-state index in [1.54, 1.807) is 0 Å². The molecule has 0 spiro atoms. The summed E-state index contributed by atoms with van der Waals surface area (Å²) in [6.45, 7) is 7.40. The van der Waals surface area contributed by atoms with Gasteiger partial charge in [-0.05, 0) is 38.3 Å². The second-order valence-corrected chi connectivity index (χ2v) is 5.33. The Morgan fingerprint density at radius 2 is 2.00 bits per heavy atom. The molecular formula is C15H23N3O. The molecule has 1 aromatic carbocycles. The fourth-order valence-corrected chi connectivity index (χ4v) is 2.90. The van der Waals surface area contributed by atoms with Crippen molar-refractivity contribution in [2.24, 2.45) is 5.73 Å². The Bertz CT molecular complexity index is 452. The van der Waals surface area contributed by atoms with E-state index >= 15 is 0 Å². The van der Waals surface area contributed by atoms with E-state index in [1.807, 2.05) is 6.07 Å². The van der Waals surface area contributed by atoms with E-state index in [1.165, 1.54) is 11.1 Å². The van der Waals surface area contributed by atoms with Crippen LogP contribution in [0.5, 0.6) is 0 Å². The van der Waals surface area contributed by atoms with Crippen molar-refractivity contribution in [2.45, 2.75) is 39.3 Å². The van der Waals surface area contributed by atoms with E-state index in [-0.39, 0.29) is 11.9 Å². The third-order valence-electron chi connectivity index (χ3n) is 3.90. The summed E-state index contributed by atoms with van der Waals surface area (Å²) in [4.78, 5) is 14.4. The second kappa shape index (κ2) is 5.61. The number of benzene rings is 1. The zero-order chi connectivity index (χ0) is 14.0. The number of amides is 1. The lowest BCUT2D eigenvalue weighted by atomic mass is 10.0. The van der Waals surface area contributed by atoms with Gasteiger partial charge in [-0.15, -0.1) is 0 Å². The first kappa shape index (κ1) is 13.9. The van der Waals surface area contributed by atoms with E-state index in [0.29, 0.717) is 12.6 Å². The first-order valence-electron chi connectivity index (χ1n) is 6.88. The standard InChI is InChI=1S/C15H23N3O/c1-10-5-4-6-11(2)14(10)18-12(3)7-8-17-15(19)13(18)9-16/h4-6,12-13H,7-9,16H2,1-3H3,(H,17,19). The number of rotatable bonds is 2. The predicted molar refractivity (Wildman–Crippen MR) is 78.3 cm³/mol. The number of carbonyl (C=O) groups is 1. The van der Waals surface area contributed by atoms with Gasteiger partial charge in [0.05, 0.1) is 0 Å². The second-order valence-electron chi connectivity index (χ2n) is 5.33. The molecule has 1 saturated heterocycles. The maximum atomic E-state index is 12.2. The average Bonchev–Trinajstić information content (AvgIpc) is 2.49. The van der Waals surface area contributed by atoms with Gasteiger partial charge in [0.15, 0.2) is 0 Å². The topological polar surface area (TPSA) is 58.4 Å². The molecule has 2 atom stereocenters. The Hall–Kier alpha value is -1.55. The van der Waals surface area contributed by atoms with Gasteiger partial charge in [-0.2, -0.15) is 0 Å². The Labute approximate surface area is 115 Å². The van der Waals surface area contributed by atoms with Gasteiger partial charge in [0.2, 0.25) is 5.91 Å². The molecule has 0 aliphatic carbocycles. The van der Waals surface area contributed by atoms with E-state index in [0.717, 1.165) is 18.7 Å². The minimum atomic E-state index is -0.280. The van der Waals surface area contributed by atoms with Crippen LogP contribution in [0.3, 0.4) is 0 Å². The summed E-state index contributed by atoms with van der Waals surface area (Å²) in [5.74, 6) is 0.0366. The Morgan fingerprint density at radius 3 is 2.58 bits per heavy atom. The van der Waals surface area contributed by atoms with Gasteiger partial charge in [0, 0.05) is 24.8 Å². The summed E-state index contributed by atoms with van der Waals surface area (Å²) >= 11 is 0. The highest BCUT2D eigenvalue weighted by molar-refractivity contribution is 5.87. The van der Waals surface area contributed by atoms with Crippen molar-refractivity contribution in [3.63, 3.8) is 0 Å². The predicted octanol–water partition coefficient (Wildman–Crippen LogP) is 1.35. The van der Waals surface area contributed by atoms with E-state index in [9.17, 15) is 4.79 Å². The smallest absolute Gasteiger partial charge is 0.244 e. The maximum Gasteiger partial charge on any atom is 0.244 e. The van der Waals surface area contributed by atoms with Crippen LogP contribution in [-0.4, -0.2) is 31.1 Å². The lowest BCUT2D eigenvalue weighted by Gasteiger charge is -2.36. The Kier molecular flexibility index (Phi) is 4.10. The number of hydrogen-bond donors (Lipinski definition) is 2. The number of nitrogens with two attached hydrogens (primary N) is 1. The number of aryl methyl sites for hydroxylation is 2. The van der Waals surface area contributed by atoms with Crippen LogP contribution < -0.4 is 16.0 Å². The van der Waals surface area contributed by atoms with E-state index < -0.39 is 0 Å². The van der Waals surface area contributed by atoms with Gasteiger partial charge in [-0.3, -0.25) is 4.79 Å². The molecule has 1 aliphatic rings. The fourth-order valence-electron chi connectivity index (χ4n) is 2.90. The van der Waals surface area contributed by atoms with Crippen LogP contribution in [-0.2, 0) is 4.79 Å². The van der Waals surface area contributed by atoms with Crippen LogP contribution in [0.4, 0.5) is 5.69 Å². The van der Waals surface area contributed by atoms with Crippen molar-refractivity contribution in [3.8, 4) is 0 Å². The molecule has 1 heterocycles. The molecule has 19 heavy (non-hydrogen) atoms. The van der Waals surface area contributed by atoms with E-state index in [4.69, 9.17) is 5.73 Å². The van der Waals surface area contributed by atoms with Gasteiger partial charge in [-0.25, -0.2) is 0 Å². The summed E-state index contributed by atoms with van der Waals surface area (Å²) in [6.07, 6.45) is 0.940. The summed E-state index contributed by atoms with van der Waals surface area (Å²) in [7, 11) is 0. The van der Waals surface area contributed by atoms with Gasteiger partial charge < -0.3 is 16.0 Å². The molecule has 0 bridgehead atoms. The maximum absolute atomic E-state index is 12.2. The van der Waals surface area contributed by atoms with Crippen LogP contribution in [0, 0.1) is 13.8 Å². The van der Waals surface area contributed by atoms with Crippen molar-refractivity contribution >= 4 is 11.6 Å². The lowest BCUT2D eigenvalue weighted by molar-refractivity contribution is -0.121. The number of anilines is 1. The van der Waals surface area contributed by atoms with Gasteiger partial charge >= 0.3 is 0 Å². The highest BCUT2D eigenvalue weighted by Gasteiger charge is 2.32. The average molecular weight is 261 g/mol. The van der Waals surface area contributed by atoms with Crippen LogP contribution in [0.1, 0.15) is 24.5 Å². The first-order valence-corrected chi connectivity index (χ1v) is 6.88. The molecule has 0 saturated carbocycles. The largest absolute Gasteiger partial charge is 0.355 e. The molecule has 0 aromatic heterocycles. The van der Waals surface area contributed by atoms with Gasteiger partial charge in [0.1, 0.15) is 6.04 Å². The number of hydrogen-bond acceptors (Lipinski definition) is 3. The molecule has 1 amide bonds. The van der Waals surface area contributed by atoms with Gasteiger partial charge in [0.25, 0.3) is 0 Å². The van der Waals surface area contributed by atoms with Crippen molar-refractivity contribution in [1.29, 1.82) is 0 Å². The van der Waals surface area contributed by atoms with Crippen LogP contribution >= 0.6 is 0 Å². The molecule has 2 rings (SSSR count). The zero-order valence-electron chi connectivity index (χ0n) is 11.9. The van der Waals surface area contributed by atoms with Crippen molar-refractivity contribution in [1.82, 2.24) is 5.32 Å². The molecule has 2 unspecified atom stereocenters. The van der Waals surface area contributed by atoms with E-state index in [2.05, 4.69) is 43.1 Å². The molecule has 1 fully saturated rings. The molecule has 4 heteroatoms. The molecule has 3 N–H and O–H groups in total. The SMILES string of the molecule is Cc1cccc(C)c1N1C(C)CCNC(=O)C1CN. The molecule has 104 valence electrons. The highest BCUT2D eigenvalue weighted by atomic mass is 16.2. The third-order valence-corrected chi connectivity index (χ3v) is 3.90. The molecular weight excluding hydrogens is 238 g/mol. The first-order chi connectivity index (χ1) is 9.06. The monoisotopic (exact) mass is 261 g/mol. The lowest BCUT2D eigenvalue weighted by Crippen LogP contribution is -2.51. The molecule has 0 radical (unpaired) electrons. The minimum absolute atomic E-state index is 0.0366. The van der Waals surface area contributed by atoms with Crippen LogP contribution in [0.25, 0.3) is 0 Å². The zero-order valence-corrected chi connectivity index (χ0v) is 11.9. The highest BCUT2D eigenvalue weighted by Crippen LogP contribution is 2.29. The van der Waals surface area contributed by atoms with Crippen LogP contribution in [0.2, 0.25) is 0 Å². The van der Waals surface area contributed by atoms with Crippen molar-refractivity contribution < 1.29 is 4.79 Å². The summed E-state index contributed by atoms with van der Waals surface area (Å²) < 4.78 is 0. The number of nitrogens with zero attached hydrogens (tertiary/aromatic N) is 1. The third kappa shape index (κ3) is 2.59. The fraction of sp³-hybridized carbons (Fsp3) is 0.533. The van der Waals surface area contributed by atoms with Gasteiger partial charge in [-0.1, -0.05) is 18.2 Å². The summed E-state index contributed by atoms with van der Waals surface area (Å²) in [6, 6.07) is 6.25. The molecule has 4 nitrogen and oxygen atoms in total. The number of nitrogens with one attached hydrogen (secondary N) is 1. The number of carbonyl (C=O) groups excluding carboxylic acids is 1. The normalized spacial score (nSPS) is 24.0. The number of para-hydroxylation sites is 1. The minimum Gasteiger partial charge on any atom is -0.355 e. The summed E-state index contributed by atoms with van der Waals surface area (Å²) in [5.41, 5.74) is 9.39. The van der Waals surface area contributed by atoms with Crippen molar-refractivity contribution in [3.05, 3.63) is 29.3 Å². The summed E-state index contributed by atoms with van der Waals surface area (Å²) in [5, 5.41) is 2.95. The quantitative estimate of drug-likeness (QED) is 0.845. The molecule has 1 aliphatic heterocycles. The molecule has 1 aromatic rings. The van der Waals surface area contributed by atoms with Crippen LogP contribution in [0.15, 0.2) is 18.2 Å². The Morgan fingerprint density at radius 1 is 1.37 bits per heavy atom.